The Morgan fingerprint density at radius 3 is 2.50 bits per heavy atom. The van der Waals surface area contributed by atoms with Crippen LogP contribution in [-0.2, 0) is 6.18 Å². The van der Waals surface area contributed by atoms with Crippen molar-refractivity contribution in [3.05, 3.63) is 29.8 Å². The molecule has 1 fully saturated rings. The first kappa shape index (κ1) is 13.2. The second-order valence-electron chi connectivity index (χ2n) is 5.20. The van der Waals surface area contributed by atoms with E-state index < -0.39 is 23.3 Å². The number of alkyl halides is 3. The summed E-state index contributed by atoms with van der Waals surface area (Å²) in [7, 11) is 0. The minimum atomic E-state index is -4.37. The monoisotopic (exact) mass is 260 g/mol. The highest BCUT2D eigenvalue weighted by atomic mass is 19.4. The summed E-state index contributed by atoms with van der Waals surface area (Å²) in [5.41, 5.74) is -1.15. The van der Waals surface area contributed by atoms with Crippen molar-refractivity contribution in [3.8, 4) is 5.75 Å². The topological polar surface area (TPSA) is 29.5 Å². The standard InChI is InChI=1S/C13H15F3O2/c1-12(2)10(17)7-11(12)18-9-5-3-4-8(6-9)13(14,15)16/h3-6,10-11,17H,7H2,1-2H3. The van der Waals surface area contributed by atoms with E-state index in [1.165, 1.54) is 12.1 Å². The molecular formula is C13H15F3O2. The summed E-state index contributed by atoms with van der Waals surface area (Å²) in [4.78, 5) is 0. The summed E-state index contributed by atoms with van der Waals surface area (Å²) in [6, 6.07) is 4.81. The quantitative estimate of drug-likeness (QED) is 0.884. The van der Waals surface area contributed by atoms with Crippen LogP contribution in [0.1, 0.15) is 25.8 Å². The third-order valence-corrected chi connectivity index (χ3v) is 3.57. The second-order valence-corrected chi connectivity index (χ2v) is 5.20. The molecule has 100 valence electrons. The van der Waals surface area contributed by atoms with Gasteiger partial charge in [-0.1, -0.05) is 19.9 Å². The molecule has 0 bridgehead atoms. The van der Waals surface area contributed by atoms with Crippen molar-refractivity contribution >= 4 is 0 Å². The fraction of sp³-hybridized carbons (Fsp3) is 0.538. The minimum absolute atomic E-state index is 0.190. The van der Waals surface area contributed by atoms with E-state index in [1.54, 1.807) is 0 Å². The van der Waals surface area contributed by atoms with Crippen LogP contribution in [0.15, 0.2) is 24.3 Å². The number of benzene rings is 1. The van der Waals surface area contributed by atoms with Crippen molar-refractivity contribution in [2.24, 2.45) is 5.41 Å². The molecule has 5 heteroatoms. The molecule has 2 rings (SSSR count). The maximum Gasteiger partial charge on any atom is 0.416 e. The number of aliphatic hydroxyl groups excluding tert-OH is 1. The van der Waals surface area contributed by atoms with E-state index in [1.807, 2.05) is 13.8 Å². The van der Waals surface area contributed by atoms with Crippen molar-refractivity contribution in [1.29, 1.82) is 0 Å². The molecule has 1 aromatic rings. The van der Waals surface area contributed by atoms with Gasteiger partial charge < -0.3 is 9.84 Å². The first-order valence-electron chi connectivity index (χ1n) is 5.73. The summed E-state index contributed by atoms with van der Waals surface area (Å²) in [5, 5.41) is 9.55. The van der Waals surface area contributed by atoms with Crippen LogP contribution in [0, 0.1) is 5.41 Å². The summed E-state index contributed by atoms with van der Waals surface area (Å²) in [5.74, 6) is 0.190. The lowest BCUT2D eigenvalue weighted by molar-refractivity contribution is -0.140. The van der Waals surface area contributed by atoms with Gasteiger partial charge in [-0.15, -0.1) is 0 Å². The maximum atomic E-state index is 12.5. The van der Waals surface area contributed by atoms with Gasteiger partial charge in [-0.2, -0.15) is 13.2 Å². The Bertz CT molecular complexity index is 440. The molecule has 0 saturated heterocycles. The van der Waals surface area contributed by atoms with E-state index >= 15 is 0 Å². The van der Waals surface area contributed by atoms with Gasteiger partial charge in [-0.3, -0.25) is 0 Å². The fourth-order valence-electron chi connectivity index (χ4n) is 1.97. The number of ether oxygens (including phenoxy) is 1. The van der Waals surface area contributed by atoms with Crippen LogP contribution >= 0.6 is 0 Å². The Balaban J connectivity index is 2.12. The Morgan fingerprint density at radius 1 is 1.33 bits per heavy atom. The van der Waals surface area contributed by atoms with Gasteiger partial charge >= 0.3 is 6.18 Å². The van der Waals surface area contributed by atoms with Crippen molar-refractivity contribution in [2.45, 2.75) is 38.7 Å². The molecule has 2 unspecified atom stereocenters. The molecule has 0 aromatic heterocycles. The lowest BCUT2D eigenvalue weighted by atomic mass is 9.66. The van der Waals surface area contributed by atoms with E-state index in [-0.39, 0.29) is 11.9 Å². The SMILES string of the molecule is CC1(C)C(O)CC1Oc1cccc(C(F)(F)F)c1. The Kier molecular flexibility index (Phi) is 3.05. The highest BCUT2D eigenvalue weighted by molar-refractivity contribution is 5.30. The number of hydrogen-bond acceptors (Lipinski definition) is 2. The zero-order valence-corrected chi connectivity index (χ0v) is 10.2. The van der Waals surface area contributed by atoms with Crippen LogP contribution in [0.4, 0.5) is 13.2 Å². The van der Waals surface area contributed by atoms with Crippen molar-refractivity contribution in [3.63, 3.8) is 0 Å². The van der Waals surface area contributed by atoms with Crippen LogP contribution in [-0.4, -0.2) is 17.3 Å². The van der Waals surface area contributed by atoms with E-state index in [0.29, 0.717) is 6.42 Å². The van der Waals surface area contributed by atoms with Crippen LogP contribution < -0.4 is 4.74 Å². The lowest BCUT2D eigenvalue weighted by Crippen LogP contribution is -2.56. The van der Waals surface area contributed by atoms with Crippen molar-refractivity contribution < 1.29 is 23.0 Å². The van der Waals surface area contributed by atoms with Crippen molar-refractivity contribution in [1.82, 2.24) is 0 Å². The number of halogens is 3. The number of hydrogen-bond donors (Lipinski definition) is 1. The zero-order chi connectivity index (χ0) is 13.6. The van der Waals surface area contributed by atoms with Gasteiger partial charge in [0.25, 0.3) is 0 Å². The number of rotatable bonds is 2. The summed E-state index contributed by atoms with van der Waals surface area (Å²) < 4.78 is 43.1. The summed E-state index contributed by atoms with van der Waals surface area (Å²) in [6.07, 6.45) is -4.64. The second kappa shape index (κ2) is 4.16. The summed E-state index contributed by atoms with van der Waals surface area (Å²) in [6.45, 7) is 3.67. The van der Waals surface area contributed by atoms with E-state index in [0.717, 1.165) is 12.1 Å². The third-order valence-electron chi connectivity index (χ3n) is 3.57. The van der Waals surface area contributed by atoms with Gasteiger partial charge in [0, 0.05) is 11.8 Å². The minimum Gasteiger partial charge on any atom is -0.490 e. The molecule has 0 amide bonds. The fourth-order valence-corrected chi connectivity index (χ4v) is 1.97. The molecule has 0 aliphatic heterocycles. The average Bonchev–Trinajstić information content (AvgIpc) is 2.28. The van der Waals surface area contributed by atoms with E-state index in [4.69, 9.17) is 4.74 Å². The molecule has 18 heavy (non-hydrogen) atoms. The third kappa shape index (κ3) is 2.32. The zero-order valence-electron chi connectivity index (χ0n) is 10.2. The van der Waals surface area contributed by atoms with E-state index in [2.05, 4.69) is 0 Å². The molecule has 0 radical (unpaired) electrons. The molecule has 1 N–H and O–H groups in total. The van der Waals surface area contributed by atoms with Gasteiger partial charge in [-0.25, -0.2) is 0 Å². The number of aliphatic hydroxyl groups is 1. The highest BCUT2D eigenvalue weighted by Crippen LogP contribution is 2.43. The lowest BCUT2D eigenvalue weighted by Gasteiger charge is -2.48. The largest absolute Gasteiger partial charge is 0.490 e. The maximum absolute atomic E-state index is 12.5. The Hall–Kier alpha value is -1.23. The molecule has 1 aliphatic carbocycles. The van der Waals surface area contributed by atoms with Gasteiger partial charge in [0.2, 0.25) is 0 Å². The predicted octanol–water partition coefficient (Wildman–Crippen LogP) is 3.24. The molecule has 1 aromatic carbocycles. The van der Waals surface area contributed by atoms with E-state index in [9.17, 15) is 18.3 Å². The molecule has 0 spiro atoms. The van der Waals surface area contributed by atoms with Crippen molar-refractivity contribution in [2.75, 3.05) is 0 Å². The van der Waals surface area contributed by atoms with Crippen LogP contribution in [0.3, 0.4) is 0 Å². The molecule has 2 atom stereocenters. The average molecular weight is 260 g/mol. The summed E-state index contributed by atoms with van der Waals surface area (Å²) >= 11 is 0. The molecule has 1 aliphatic rings. The highest BCUT2D eigenvalue weighted by Gasteiger charge is 2.49. The smallest absolute Gasteiger partial charge is 0.416 e. The first-order chi connectivity index (χ1) is 8.21. The first-order valence-corrected chi connectivity index (χ1v) is 5.73. The Morgan fingerprint density at radius 2 is 2.00 bits per heavy atom. The van der Waals surface area contributed by atoms with Gasteiger partial charge in [-0.05, 0) is 18.2 Å². The predicted molar refractivity (Wildman–Crippen MR) is 60.3 cm³/mol. The van der Waals surface area contributed by atoms with Gasteiger partial charge in [0.1, 0.15) is 11.9 Å². The Labute approximate surface area is 103 Å². The molecule has 1 saturated carbocycles. The van der Waals surface area contributed by atoms with Gasteiger partial charge in [0.05, 0.1) is 11.7 Å². The normalized spacial score (nSPS) is 26.6. The van der Waals surface area contributed by atoms with Crippen LogP contribution in [0.2, 0.25) is 0 Å². The molecule has 0 heterocycles. The van der Waals surface area contributed by atoms with Gasteiger partial charge in [0.15, 0.2) is 0 Å². The van der Waals surface area contributed by atoms with Crippen LogP contribution in [0.25, 0.3) is 0 Å². The molecular weight excluding hydrogens is 245 g/mol. The molecule has 2 nitrogen and oxygen atoms in total. The van der Waals surface area contributed by atoms with Crippen LogP contribution in [0.5, 0.6) is 5.75 Å².